The van der Waals surface area contributed by atoms with E-state index in [2.05, 4.69) is 94.3 Å². The molecule has 4 aliphatic rings. The van der Waals surface area contributed by atoms with Crippen LogP contribution in [0.3, 0.4) is 0 Å². The Morgan fingerprint density at radius 2 is 1.23 bits per heavy atom. The number of thiol groups is 1. The van der Waals surface area contributed by atoms with E-state index in [1.807, 2.05) is 0 Å². The molecule has 24 nitrogen and oxygen atoms in total. The van der Waals surface area contributed by atoms with Crippen molar-refractivity contribution in [3.63, 3.8) is 0 Å². The Morgan fingerprint density at radius 3 is 1.71 bits per heavy atom. The van der Waals surface area contributed by atoms with Gasteiger partial charge in [0.05, 0.1) is 71.7 Å². The number of imidazole rings is 2. The molecule has 4 saturated heterocycles. The van der Waals surface area contributed by atoms with Crippen LogP contribution in [-0.2, 0) is 48.7 Å². The second kappa shape index (κ2) is 24.7. The Balaban J connectivity index is 0.000000472. The number of fused-ring (bicyclic) bond motifs is 4. The first-order valence-electron chi connectivity index (χ1n) is 24.8. The molecule has 0 radical (unpaired) electrons. The Hall–Kier alpha value is -4.73. The van der Waals surface area contributed by atoms with Gasteiger partial charge in [0.2, 0.25) is 0 Å². The van der Waals surface area contributed by atoms with Gasteiger partial charge in [-0.2, -0.15) is 0 Å². The number of hydrogen-bond donors (Lipinski definition) is 6. The molecule has 75 heavy (non-hydrogen) atoms. The monoisotopic (exact) mass is 1110 g/mol. The zero-order valence-corrected chi connectivity index (χ0v) is 45.8. The van der Waals surface area contributed by atoms with Crippen LogP contribution in [0, 0.1) is 0 Å². The molecule has 4 aromatic heterocycles. The summed E-state index contributed by atoms with van der Waals surface area (Å²) in [5.41, 5.74) is -0.0852. The summed E-state index contributed by atoms with van der Waals surface area (Å²) in [6, 6.07) is 17.0. The van der Waals surface area contributed by atoms with Crippen molar-refractivity contribution in [1.82, 2.24) is 39.0 Å². The smallest absolute Gasteiger partial charge is 0.386 e. The zero-order valence-electron chi connectivity index (χ0n) is 42.3. The van der Waals surface area contributed by atoms with Gasteiger partial charge in [0.25, 0.3) is 11.8 Å². The minimum Gasteiger partial charge on any atom is -0.780 e. The van der Waals surface area contributed by atoms with Gasteiger partial charge in [0.15, 0.2) is 46.4 Å². The lowest BCUT2D eigenvalue weighted by Gasteiger charge is -2.36. The van der Waals surface area contributed by atoms with Gasteiger partial charge in [-0.15, -0.1) is 0 Å². The molecule has 4 bridgehead atoms. The maximum Gasteiger partial charge on any atom is 0.386 e. The molecular formula is C47H63N12O12P2S2+. The van der Waals surface area contributed by atoms with Crippen LogP contribution < -0.4 is 25.3 Å². The standard InChI is InChI=1S/C35H32N10O12P2S2.2C6H15N/c46-23-20-11-52-58(49,60)57-26-25-34(45-17-41-22-28(37-15-39-30(22)45)43-32(48)19-9-5-2-6-10-19)55-35(26,12-51-25)13-53-59(50,61)56-24(23)33(54-20)44-16-40-21-27(36-14-38-29(21)44)42-31(47)18-7-3-1-4-8-18;2*1-4-7(5-2)6-3/h1-10,14-17,20,23-26,33-34,46H,11-13H2,(H,49,60)(H,50,61)(H,36,38,42,47)(H,37,39,43,48);2*4-6H2,1-3H3/p+1/t20-,23-,24-,25-,26+,33-,34-,35-,58?,59?;;/m1../s1. The highest BCUT2D eigenvalue weighted by molar-refractivity contribution is 8.44. The highest BCUT2D eigenvalue weighted by Crippen LogP contribution is 2.60. The third kappa shape index (κ3) is 12.7. The molecule has 2 aromatic carbocycles. The predicted molar refractivity (Wildman–Crippen MR) is 280 cm³/mol. The largest absolute Gasteiger partial charge is 0.780 e. The first-order valence-corrected chi connectivity index (χ1v) is 30.0. The fraction of sp³-hybridized carbons (Fsp3) is 0.489. The molecule has 2 unspecified atom stereocenters. The maximum absolute atomic E-state index is 14.1. The molecule has 28 heteroatoms. The third-order valence-electron chi connectivity index (χ3n) is 13.5. The highest BCUT2D eigenvalue weighted by atomic mass is 32.7. The number of carbonyl (C=O) groups is 2. The van der Waals surface area contributed by atoms with Crippen molar-refractivity contribution in [2.24, 2.45) is 0 Å². The van der Waals surface area contributed by atoms with Gasteiger partial charge in [-0.05, 0) is 65.8 Å². The predicted octanol–water partition coefficient (Wildman–Crippen LogP) is 2.40. The van der Waals surface area contributed by atoms with E-state index in [4.69, 9.17) is 44.1 Å². The van der Waals surface area contributed by atoms with Crippen LogP contribution in [0.5, 0.6) is 0 Å². The fourth-order valence-electron chi connectivity index (χ4n) is 9.08. The number of amides is 2. The minimum absolute atomic E-state index is 0.0789. The number of hydrogen-bond acceptors (Lipinski definition) is 19. The van der Waals surface area contributed by atoms with E-state index in [-0.39, 0.29) is 40.6 Å². The van der Waals surface area contributed by atoms with Crippen molar-refractivity contribution in [2.45, 2.75) is 90.1 Å². The van der Waals surface area contributed by atoms with Crippen LogP contribution in [0.4, 0.5) is 11.6 Å². The van der Waals surface area contributed by atoms with E-state index < -0.39 is 87.1 Å². The minimum atomic E-state index is -4.46. The van der Waals surface area contributed by atoms with Crippen LogP contribution in [0.1, 0.15) is 74.7 Å². The Morgan fingerprint density at radius 1 is 0.733 bits per heavy atom. The molecule has 2 amide bonds. The molecule has 404 valence electrons. The van der Waals surface area contributed by atoms with Gasteiger partial charge in [0.1, 0.15) is 55.5 Å². The van der Waals surface area contributed by atoms with Crippen LogP contribution in [0.2, 0.25) is 0 Å². The molecule has 0 aliphatic carbocycles. The van der Waals surface area contributed by atoms with Crippen LogP contribution >= 0.6 is 25.8 Å². The van der Waals surface area contributed by atoms with Crippen LogP contribution in [-0.4, -0.2) is 151 Å². The average molecular weight is 1110 g/mol. The second-order valence-electron chi connectivity index (χ2n) is 17.8. The van der Waals surface area contributed by atoms with E-state index in [9.17, 15) is 24.2 Å². The number of nitrogens with zero attached hydrogens (tertiary/aromatic N) is 8. The molecule has 4 fully saturated rings. The second-order valence-corrected chi connectivity index (χ2v) is 23.4. The van der Waals surface area contributed by atoms with Gasteiger partial charge in [0, 0.05) is 11.1 Å². The van der Waals surface area contributed by atoms with Gasteiger partial charge >= 0.3 is 6.80 Å². The number of ether oxygens (including phenoxy) is 3. The average Bonchev–Trinajstić information content (AvgIpc) is 4.25. The van der Waals surface area contributed by atoms with Crippen molar-refractivity contribution in [2.75, 3.05) is 69.7 Å². The summed E-state index contributed by atoms with van der Waals surface area (Å²) in [7, 11) is 0. The lowest BCUT2D eigenvalue weighted by molar-refractivity contribution is -0.894. The Labute approximate surface area is 443 Å². The summed E-state index contributed by atoms with van der Waals surface area (Å²) >= 11 is 9.62. The van der Waals surface area contributed by atoms with Crippen LogP contribution in [0.15, 0.2) is 86.0 Å². The number of aliphatic hydroxyl groups is 1. The topological polar surface area (TPSA) is 279 Å². The van der Waals surface area contributed by atoms with Gasteiger partial charge in [-0.1, -0.05) is 60.5 Å². The highest BCUT2D eigenvalue weighted by Gasteiger charge is 2.65. The lowest BCUT2D eigenvalue weighted by atomic mass is 10.0. The van der Waals surface area contributed by atoms with Crippen molar-refractivity contribution >= 4 is 83.3 Å². The molecule has 8 heterocycles. The number of benzene rings is 2. The summed E-state index contributed by atoms with van der Waals surface area (Å²) in [6.45, 7) is 10.7. The van der Waals surface area contributed by atoms with E-state index in [1.165, 1.54) is 73.7 Å². The molecule has 10 atom stereocenters. The SMILES string of the molecule is CC[NH+](CC)CC.CC[NH+](CC)CC.O=C(Nc1ncnc2c1ncn2[C@@H]1O[C@@H]2COP([O-])(=S)O[C@H]3[C@H]4OC[C@]3(COP(=O)(S)O[C@@H]1[C@@H]2O)O[C@H]4n1cnc2c(NC(=O)c3ccccc3)ncnc21)c1ccccc1. The van der Waals surface area contributed by atoms with Gasteiger partial charge in [-0.25, -0.2) is 34.5 Å². The summed E-state index contributed by atoms with van der Waals surface area (Å²) in [5.74, 6) is -0.663. The van der Waals surface area contributed by atoms with E-state index >= 15 is 0 Å². The molecule has 5 N–H and O–H groups in total. The van der Waals surface area contributed by atoms with Crippen LogP contribution in [0.25, 0.3) is 22.3 Å². The normalized spacial score (nSPS) is 28.3. The zero-order chi connectivity index (χ0) is 53.5. The number of carbonyl (C=O) groups excluding carboxylic acids is 2. The molecular weight excluding hydrogens is 1050 g/mol. The van der Waals surface area contributed by atoms with Gasteiger partial charge < -0.3 is 53.7 Å². The first-order chi connectivity index (χ1) is 36.1. The molecule has 10 rings (SSSR count). The third-order valence-corrected chi connectivity index (χ3v) is 16.6. The maximum atomic E-state index is 14.1. The van der Waals surface area contributed by atoms with Crippen molar-refractivity contribution in [3.8, 4) is 0 Å². The molecule has 6 aromatic rings. The number of aromatic nitrogens is 8. The Bertz CT molecular complexity index is 2970. The molecule has 0 spiro atoms. The number of aliphatic hydroxyl groups excluding tert-OH is 1. The lowest BCUT2D eigenvalue weighted by Crippen LogP contribution is -3.11. The van der Waals surface area contributed by atoms with E-state index in [0.717, 1.165) is 0 Å². The van der Waals surface area contributed by atoms with Crippen molar-refractivity contribution in [3.05, 3.63) is 97.1 Å². The summed E-state index contributed by atoms with van der Waals surface area (Å²) < 4.78 is 59.3. The van der Waals surface area contributed by atoms with Crippen molar-refractivity contribution in [1.29, 1.82) is 0 Å². The molecule has 4 aliphatic heterocycles. The summed E-state index contributed by atoms with van der Waals surface area (Å²) in [5, 5.41) is 17.0. The van der Waals surface area contributed by atoms with Gasteiger partial charge in [-0.3, -0.25) is 27.8 Å². The van der Waals surface area contributed by atoms with E-state index in [1.54, 1.807) is 70.5 Å². The number of anilines is 2. The Kier molecular flexibility index (Phi) is 18.6. The first kappa shape index (κ1) is 56.5. The summed E-state index contributed by atoms with van der Waals surface area (Å²) in [6.07, 6.45) is -3.86. The number of quaternary nitrogens is 2. The molecule has 0 saturated carbocycles. The number of nitrogens with one attached hydrogen (secondary N) is 4. The summed E-state index contributed by atoms with van der Waals surface area (Å²) in [4.78, 5) is 69.1. The number of rotatable bonds is 12. The quantitative estimate of drug-likeness (QED) is 0.0758. The fourth-order valence-corrected chi connectivity index (χ4v) is 12.0. The van der Waals surface area contributed by atoms with Crippen molar-refractivity contribution < 1.29 is 66.3 Å². The van der Waals surface area contributed by atoms with E-state index in [0.29, 0.717) is 11.1 Å².